The Morgan fingerprint density at radius 3 is 2.54 bits per heavy atom. The second-order valence-electron chi connectivity index (χ2n) is 8.11. The number of aromatic nitrogens is 4. The van der Waals surface area contributed by atoms with Gasteiger partial charge in [-0.25, -0.2) is 28.4 Å². The second-order valence-corrected chi connectivity index (χ2v) is 10.2. The molecule has 1 N–H and O–H groups in total. The van der Waals surface area contributed by atoms with Crippen LogP contribution in [0, 0.1) is 6.92 Å². The number of halogens is 2. The lowest BCUT2D eigenvalue weighted by molar-refractivity contribution is -0.149. The summed E-state index contributed by atoms with van der Waals surface area (Å²) in [6, 6.07) is 7.12. The summed E-state index contributed by atoms with van der Waals surface area (Å²) < 4.78 is 59.0. The van der Waals surface area contributed by atoms with E-state index in [2.05, 4.69) is 20.2 Å². The summed E-state index contributed by atoms with van der Waals surface area (Å²) in [5.41, 5.74) is 0.792. The van der Waals surface area contributed by atoms with E-state index in [4.69, 9.17) is 14.0 Å². The average Bonchev–Trinajstić information content (AvgIpc) is 3.20. The van der Waals surface area contributed by atoms with Crippen molar-refractivity contribution < 1.29 is 32.1 Å². The van der Waals surface area contributed by atoms with Gasteiger partial charge in [-0.3, -0.25) is 9.36 Å². The number of hydrogen-bond acceptors (Lipinski definition) is 8. The zero-order valence-electron chi connectivity index (χ0n) is 19.8. The molecule has 0 radical (unpaired) electrons. The fourth-order valence-electron chi connectivity index (χ4n) is 3.17. The van der Waals surface area contributed by atoms with Crippen LogP contribution in [0.1, 0.15) is 32.2 Å². The molecule has 0 saturated carbocycles. The van der Waals surface area contributed by atoms with Gasteiger partial charge in [-0.05, 0) is 39.8 Å². The van der Waals surface area contributed by atoms with Crippen molar-refractivity contribution in [3.05, 3.63) is 54.2 Å². The number of esters is 1. The Morgan fingerprint density at radius 1 is 1.17 bits per heavy atom. The van der Waals surface area contributed by atoms with Crippen molar-refractivity contribution >= 4 is 19.1 Å². The number of para-hydroxylation sites is 1. The van der Waals surface area contributed by atoms with Crippen molar-refractivity contribution in [2.75, 3.05) is 6.35 Å². The molecule has 0 spiro atoms. The fourth-order valence-corrected chi connectivity index (χ4v) is 4.90. The minimum Gasteiger partial charge on any atom is -0.462 e. The molecule has 0 aliphatic heterocycles. The molecule has 0 bridgehead atoms. The Morgan fingerprint density at radius 2 is 1.89 bits per heavy atom. The molecule has 35 heavy (non-hydrogen) atoms. The number of alkyl halides is 2. The zero-order valence-corrected chi connectivity index (χ0v) is 20.7. The highest BCUT2D eigenvalue weighted by atomic mass is 31.2. The third-order valence-corrected chi connectivity index (χ3v) is 6.58. The first-order valence-electron chi connectivity index (χ1n) is 10.9. The van der Waals surface area contributed by atoms with Gasteiger partial charge in [-0.1, -0.05) is 18.2 Å². The highest BCUT2D eigenvalue weighted by Gasteiger charge is 2.34. The van der Waals surface area contributed by atoms with E-state index in [1.165, 1.54) is 24.0 Å². The molecule has 2 aromatic heterocycles. The van der Waals surface area contributed by atoms with E-state index >= 15 is 0 Å². The van der Waals surface area contributed by atoms with Gasteiger partial charge >= 0.3 is 13.5 Å². The first-order valence-corrected chi connectivity index (χ1v) is 12.7. The van der Waals surface area contributed by atoms with Crippen molar-refractivity contribution in [3.63, 3.8) is 0 Å². The number of rotatable bonds is 12. The van der Waals surface area contributed by atoms with Crippen molar-refractivity contribution in [1.82, 2.24) is 24.7 Å². The third-order valence-electron chi connectivity index (χ3n) is 4.80. The van der Waals surface area contributed by atoms with E-state index < -0.39 is 38.4 Å². The van der Waals surface area contributed by atoms with Crippen LogP contribution < -0.4 is 9.61 Å². The van der Waals surface area contributed by atoms with Gasteiger partial charge in [0.1, 0.15) is 36.4 Å². The number of fused-ring (bicyclic) bond motifs is 1. The van der Waals surface area contributed by atoms with Crippen LogP contribution in [0.3, 0.4) is 0 Å². The maximum Gasteiger partial charge on any atom is 0.342 e. The number of nitrogens with zero attached hydrogens (tertiary/aromatic N) is 4. The molecule has 1 aromatic carbocycles. The highest BCUT2D eigenvalue weighted by molar-refractivity contribution is 7.57. The number of nitrogens with one attached hydrogen (secondary N) is 1. The maximum absolute atomic E-state index is 13.9. The largest absolute Gasteiger partial charge is 0.462 e. The molecule has 3 atom stereocenters. The normalized spacial score (nSPS) is 15.2. The molecule has 2 heterocycles. The van der Waals surface area contributed by atoms with Crippen LogP contribution in [-0.2, 0) is 25.3 Å². The number of carbonyl (C=O) groups is 1. The Labute approximate surface area is 201 Å². The predicted molar refractivity (Wildman–Crippen MR) is 123 cm³/mol. The van der Waals surface area contributed by atoms with Crippen LogP contribution in [0.2, 0.25) is 0 Å². The molecule has 10 nitrogen and oxygen atoms in total. The minimum atomic E-state index is -3.99. The fraction of sp³-hybridized carbons (Fsp3) is 0.455. The van der Waals surface area contributed by atoms with Gasteiger partial charge in [-0.15, -0.1) is 0 Å². The van der Waals surface area contributed by atoms with Gasteiger partial charge in [0.05, 0.1) is 12.3 Å². The first-order chi connectivity index (χ1) is 16.6. The van der Waals surface area contributed by atoms with Crippen molar-refractivity contribution in [2.45, 2.75) is 58.8 Å². The lowest BCUT2D eigenvalue weighted by atomic mass is 10.1. The summed E-state index contributed by atoms with van der Waals surface area (Å²) in [7, 11) is -3.99. The van der Waals surface area contributed by atoms with Gasteiger partial charge in [0.2, 0.25) is 0 Å². The van der Waals surface area contributed by atoms with E-state index in [0.29, 0.717) is 17.0 Å². The number of hydrogen-bond donors (Lipinski definition) is 1. The number of aryl methyl sites for hydroxylation is 1. The van der Waals surface area contributed by atoms with Crippen LogP contribution in [0.25, 0.3) is 5.65 Å². The first kappa shape index (κ1) is 26.7. The molecular weight excluding hydrogens is 483 g/mol. The molecule has 0 aliphatic rings. The molecule has 3 aromatic rings. The van der Waals surface area contributed by atoms with E-state index in [1.807, 2.05) is 0 Å². The van der Waals surface area contributed by atoms with E-state index in [9.17, 15) is 18.1 Å². The average molecular weight is 511 g/mol. The summed E-state index contributed by atoms with van der Waals surface area (Å²) >= 11 is 0. The Hall–Kier alpha value is -2.95. The second kappa shape index (κ2) is 11.7. The van der Waals surface area contributed by atoms with Gasteiger partial charge in [0, 0.05) is 12.0 Å². The number of carbonyl (C=O) groups excluding carboxylic acids is 1. The van der Waals surface area contributed by atoms with Gasteiger partial charge in [0.25, 0.3) is 6.43 Å². The smallest absolute Gasteiger partial charge is 0.342 e. The molecule has 190 valence electrons. The van der Waals surface area contributed by atoms with Crippen molar-refractivity contribution in [2.24, 2.45) is 0 Å². The molecule has 0 amide bonds. The third kappa shape index (κ3) is 7.27. The van der Waals surface area contributed by atoms with Crippen LogP contribution in [0.15, 0.2) is 42.9 Å². The molecule has 0 saturated heterocycles. The molecule has 13 heteroatoms. The number of benzene rings is 1. The minimum absolute atomic E-state index is 0.222. The summed E-state index contributed by atoms with van der Waals surface area (Å²) in [5, 5.41) is 6.71. The summed E-state index contributed by atoms with van der Waals surface area (Å²) in [4.78, 5) is 20.4. The van der Waals surface area contributed by atoms with Gasteiger partial charge in [-0.2, -0.15) is 5.10 Å². The summed E-state index contributed by atoms with van der Waals surface area (Å²) in [6.07, 6.45) is -3.15. The Kier molecular flexibility index (Phi) is 8.87. The van der Waals surface area contributed by atoms with Crippen LogP contribution >= 0.6 is 7.52 Å². The van der Waals surface area contributed by atoms with Crippen molar-refractivity contribution in [1.29, 1.82) is 0 Å². The Balaban J connectivity index is 1.78. The molecule has 0 aliphatic carbocycles. The van der Waals surface area contributed by atoms with Crippen LogP contribution in [-0.4, -0.2) is 56.6 Å². The lowest BCUT2D eigenvalue weighted by Gasteiger charge is -2.26. The zero-order chi connectivity index (χ0) is 25.6. The van der Waals surface area contributed by atoms with E-state index in [0.717, 1.165) is 0 Å². The van der Waals surface area contributed by atoms with Gasteiger partial charge in [0.15, 0.2) is 5.65 Å². The van der Waals surface area contributed by atoms with Crippen molar-refractivity contribution in [3.8, 4) is 5.75 Å². The van der Waals surface area contributed by atoms with Gasteiger partial charge < -0.3 is 14.0 Å². The molecule has 3 rings (SSSR count). The molecule has 1 unspecified atom stereocenters. The summed E-state index contributed by atoms with van der Waals surface area (Å²) in [6.45, 7) is 6.50. The highest BCUT2D eigenvalue weighted by Crippen LogP contribution is 2.44. The summed E-state index contributed by atoms with van der Waals surface area (Å²) in [5.74, 6) is 0.103. The SMILES string of the molecule is Cc1ncnc2c(C[C@H](OCP(=O)(N[C@@H](C)C(=O)OC(C)C)Oc3ccccc3)C(F)F)cnn12. The monoisotopic (exact) mass is 511 g/mol. The quantitative estimate of drug-likeness (QED) is 0.286. The molecule has 0 fully saturated rings. The molecular formula is C22H28F2N5O5P. The van der Waals surface area contributed by atoms with E-state index in [1.54, 1.807) is 51.1 Å². The topological polar surface area (TPSA) is 117 Å². The standard InChI is InChI=1S/C22H28F2N5O5P/c1-14(2)33-22(30)15(3)28-35(31,34-18-8-6-5-7-9-18)13-32-19(20(23)24)10-17-11-27-29-16(4)25-12-26-21(17)29/h5-9,11-12,14-15,19-20H,10,13H2,1-4H3,(H,28,31)/t15-,19-,35?/m0/s1. The Bertz CT molecular complexity index is 1180. The van der Waals surface area contributed by atoms with Crippen LogP contribution in [0.5, 0.6) is 5.75 Å². The maximum atomic E-state index is 13.9. The lowest BCUT2D eigenvalue weighted by Crippen LogP contribution is -2.37. The number of ether oxygens (including phenoxy) is 2. The van der Waals surface area contributed by atoms with Crippen LogP contribution in [0.4, 0.5) is 8.78 Å². The van der Waals surface area contributed by atoms with E-state index in [-0.39, 0.29) is 18.3 Å². The predicted octanol–water partition coefficient (Wildman–Crippen LogP) is 3.78.